The Kier molecular flexibility index (Phi) is 4.52. The number of carbonyl (C=O) groups excluding carboxylic acids is 2. The topological polar surface area (TPSA) is 98.7 Å². The molecule has 1 rings (SSSR count). The van der Waals surface area contributed by atoms with Crippen molar-refractivity contribution in [3.8, 4) is 0 Å². The Hall–Kier alpha value is -1.79. The Labute approximate surface area is 106 Å². The van der Waals surface area contributed by atoms with Crippen molar-refractivity contribution >= 4 is 17.9 Å². The van der Waals surface area contributed by atoms with Crippen molar-refractivity contribution in [1.82, 2.24) is 15.5 Å². The van der Waals surface area contributed by atoms with Crippen LogP contribution in [0.15, 0.2) is 0 Å². The number of likely N-dealkylation sites (N-methyl/N-ethyl adjacent to an activating group) is 1. The Balaban J connectivity index is 2.72. The summed E-state index contributed by atoms with van der Waals surface area (Å²) in [6, 6.07) is -0.500. The third-order valence-electron chi connectivity index (χ3n) is 3.40. The number of likely N-dealkylation sites (tertiary alicyclic amines) is 1. The standard InChI is InChI=1S/C11H19N3O4/c1-3-11(9(16)17)5-4-6-14(11)10(18)13-7-8(15)12-2/h3-7H2,1-2H3,(H,12,15)(H,13,18)(H,16,17). The van der Waals surface area contributed by atoms with E-state index in [9.17, 15) is 19.5 Å². The van der Waals surface area contributed by atoms with E-state index in [0.29, 0.717) is 25.8 Å². The van der Waals surface area contributed by atoms with E-state index >= 15 is 0 Å². The van der Waals surface area contributed by atoms with Crippen LogP contribution in [0.3, 0.4) is 0 Å². The first-order valence-electron chi connectivity index (χ1n) is 5.97. The van der Waals surface area contributed by atoms with E-state index in [4.69, 9.17) is 0 Å². The zero-order valence-electron chi connectivity index (χ0n) is 10.7. The summed E-state index contributed by atoms with van der Waals surface area (Å²) in [5, 5.41) is 14.1. The molecule has 0 bridgehead atoms. The van der Waals surface area contributed by atoms with Crippen molar-refractivity contribution in [1.29, 1.82) is 0 Å². The molecular formula is C11H19N3O4. The number of amides is 3. The maximum Gasteiger partial charge on any atom is 0.329 e. The third kappa shape index (κ3) is 2.55. The second-order valence-corrected chi connectivity index (χ2v) is 4.28. The van der Waals surface area contributed by atoms with Crippen LogP contribution < -0.4 is 10.6 Å². The second kappa shape index (κ2) is 5.70. The molecule has 0 saturated carbocycles. The normalized spacial score (nSPS) is 22.7. The van der Waals surface area contributed by atoms with Gasteiger partial charge in [0.15, 0.2) is 0 Å². The molecule has 18 heavy (non-hydrogen) atoms. The van der Waals surface area contributed by atoms with Crippen LogP contribution in [0.4, 0.5) is 4.79 Å². The first kappa shape index (κ1) is 14.3. The molecule has 0 aromatic carbocycles. The average Bonchev–Trinajstić information content (AvgIpc) is 2.80. The Morgan fingerprint density at radius 3 is 2.56 bits per heavy atom. The molecule has 1 aliphatic heterocycles. The highest BCUT2D eigenvalue weighted by atomic mass is 16.4. The predicted octanol–water partition coefficient (Wildman–Crippen LogP) is -0.229. The van der Waals surface area contributed by atoms with Gasteiger partial charge in [-0.15, -0.1) is 0 Å². The molecule has 7 heteroatoms. The molecule has 1 aliphatic rings. The monoisotopic (exact) mass is 257 g/mol. The van der Waals surface area contributed by atoms with Gasteiger partial charge in [-0.3, -0.25) is 4.79 Å². The van der Waals surface area contributed by atoms with Crippen molar-refractivity contribution < 1.29 is 19.5 Å². The van der Waals surface area contributed by atoms with Crippen LogP contribution >= 0.6 is 0 Å². The van der Waals surface area contributed by atoms with E-state index in [2.05, 4.69) is 10.6 Å². The maximum absolute atomic E-state index is 11.9. The lowest BCUT2D eigenvalue weighted by molar-refractivity contribution is -0.148. The number of aliphatic carboxylic acids is 1. The summed E-state index contributed by atoms with van der Waals surface area (Å²) in [6.45, 7) is 2.00. The number of hydrogen-bond acceptors (Lipinski definition) is 3. The van der Waals surface area contributed by atoms with Gasteiger partial charge in [0.25, 0.3) is 0 Å². The van der Waals surface area contributed by atoms with Crippen molar-refractivity contribution in [2.24, 2.45) is 0 Å². The van der Waals surface area contributed by atoms with Gasteiger partial charge >= 0.3 is 12.0 Å². The highest BCUT2D eigenvalue weighted by Gasteiger charge is 2.48. The van der Waals surface area contributed by atoms with Crippen molar-refractivity contribution in [3.63, 3.8) is 0 Å². The van der Waals surface area contributed by atoms with Crippen LogP contribution in [-0.4, -0.2) is 53.6 Å². The fraction of sp³-hybridized carbons (Fsp3) is 0.727. The highest BCUT2D eigenvalue weighted by Crippen LogP contribution is 2.32. The molecule has 1 heterocycles. The Morgan fingerprint density at radius 2 is 2.06 bits per heavy atom. The Bertz CT molecular complexity index is 358. The minimum atomic E-state index is -1.13. The van der Waals surface area contributed by atoms with Gasteiger partial charge in [-0.05, 0) is 19.3 Å². The number of nitrogens with zero attached hydrogens (tertiary/aromatic N) is 1. The van der Waals surface area contributed by atoms with Crippen LogP contribution in [-0.2, 0) is 9.59 Å². The molecule has 1 unspecified atom stereocenters. The number of carboxylic acid groups (broad SMARTS) is 1. The van der Waals surface area contributed by atoms with Gasteiger partial charge in [0.1, 0.15) is 5.54 Å². The summed E-state index contributed by atoms with van der Waals surface area (Å²) in [7, 11) is 1.47. The SMILES string of the molecule is CCC1(C(=O)O)CCCN1C(=O)NCC(=O)NC. The molecule has 102 valence electrons. The van der Waals surface area contributed by atoms with Crippen LogP contribution in [0.25, 0.3) is 0 Å². The molecule has 3 N–H and O–H groups in total. The van der Waals surface area contributed by atoms with E-state index in [0.717, 1.165) is 0 Å². The van der Waals surface area contributed by atoms with Crippen LogP contribution in [0.2, 0.25) is 0 Å². The second-order valence-electron chi connectivity index (χ2n) is 4.28. The lowest BCUT2D eigenvalue weighted by Crippen LogP contribution is -2.56. The van der Waals surface area contributed by atoms with Crippen molar-refractivity contribution in [3.05, 3.63) is 0 Å². The molecule has 0 aromatic heterocycles. The summed E-state index contributed by atoms with van der Waals surface area (Å²) < 4.78 is 0. The van der Waals surface area contributed by atoms with Crippen molar-refractivity contribution in [2.45, 2.75) is 31.7 Å². The third-order valence-corrected chi connectivity index (χ3v) is 3.40. The quantitative estimate of drug-likeness (QED) is 0.648. The molecule has 0 spiro atoms. The zero-order valence-corrected chi connectivity index (χ0v) is 10.7. The van der Waals surface area contributed by atoms with E-state index in [-0.39, 0.29) is 12.5 Å². The zero-order chi connectivity index (χ0) is 13.8. The van der Waals surface area contributed by atoms with Crippen molar-refractivity contribution in [2.75, 3.05) is 20.1 Å². The maximum atomic E-state index is 11.9. The van der Waals surface area contributed by atoms with E-state index in [1.54, 1.807) is 6.92 Å². The van der Waals surface area contributed by atoms with Gasteiger partial charge < -0.3 is 20.6 Å². The lowest BCUT2D eigenvalue weighted by atomic mass is 9.93. The molecule has 0 aromatic rings. The number of hydrogen-bond donors (Lipinski definition) is 3. The van der Waals surface area contributed by atoms with Gasteiger partial charge in [0.2, 0.25) is 5.91 Å². The van der Waals surface area contributed by atoms with Crippen LogP contribution in [0.1, 0.15) is 26.2 Å². The largest absolute Gasteiger partial charge is 0.479 e. The van der Waals surface area contributed by atoms with E-state index in [1.807, 2.05) is 0 Å². The molecular weight excluding hydrogens is 238 g/mol. The summed E-state index contributed by atoms with van der Waals surface area (Å²) in [4.78, 5) is 35.6. The first-order chi connectivity index (χ1) is 8.47. The minimum Gasteiger partial charge on any atom is -0.479 e. The van der Waals surface area contributed by atoms with Gasteiger partial charge in [-0.25, -0.2) is 9.59 Å². The smallest absolute Gasteiger partial charge is 0.329 e. The molecule has 3 amide bonds. The van der Waals surface area contributed by atoms with Gasteiger partial charge in [-0.1, -0.05) is 6.92 Å². The summed E-state index contributed by atoms with van der Waals surface area (Å²) in [5.74, 6) is -1.31. The van der Waals surface area contributed by atoms with Crippen LogP contribution in [0.5, 0.6) is 0 Å². The number of nitrogens with one attached hydrogen (secondary N) is 2. The molecule has 1 saturated heterocycles. The number of carbonyl (C=O) groups is 3. The number of carboxylic acids is 1. The molecule has 1 fully saturated rings. The Morgan fingerprint density at radius 1 is 1.39 bits per heavy atom. The van der Waals surface area contributed by atoms with E-state index < -0.39 is 17.5 Å². The lowest BCUT2D eigenvalue weighted by Gasteiger charge is -2.33. The van der Waals surface area contributed by atoms with Gasteiger partial charge in [-0.2, -0.15) is 0 Å². The fourth-order valence-corrected chi connectivity index (χ4v) is 2.26. The number of urea groups is 1. The molecule has 1 atom stereocenters. The van der Waals surface area contributed by atoms with E-state index in [1.165, 1.54) is 11.9 Å². The van der Waals surface area contributed by atoms with Gasteiger partial charge in [0.05, 0.1) is 6.54 Å². The molecule has 0 radical (unpaired) electrons. The summed E-state index contributed by atoms with van der Waals surface area (Å²) in [6.07, 6.45) is 1.47. The fourth-order valence-electron chi connectivity index (χ4n) is 2.26. The van der Waals surface area contributed by atoms with Crippen LogP contribution in [0, 0.1) is 0 Å². The highest BCUT2D eigenvalue weighted by molar-refractivity contribution is 5.89. The first-order valence-corrected chi connectivity index (χ1v) is 5.97. The average molecular weight is 257 g/mol. The summed E-state index contributed by atoms with van der Waals surface area (Å²) in [5.41, 5.74) is -1.13. The number of rotatable bonds is 4. The van der Waals surface area contributed by atoms with Gasteiger partial charge in [0, 0.05) is 13.6 Å². The molecule has 7 nitrogen and oxygen atoms in total. The minimum absolute atomic E-state index is 0.148. The predicted molar refractivity (Wildman–Crippen MR) is 64.1 cm³/mol. The molecule has 0 aliphatic carbocycles. The summed E-state index contributed by atoms with van der Waals surface area (Å²) >= 11 is 0.